The Balaban J connectivity index is 2.10. The van der Waals surface area contributed by atoms with Crippen molar-refractivity contribution in [1.29, 1.82) is 0 Å². The molecule has 2 atom stereocenters. The van der Waals surface area contributed by atoms with Gasteiger partial charge in [0.15, 0.2) is 0 Å². The van der Waals surface area contributed by atoms with Crippen LogP contribution in [0.25, 0.3) is 0 Å². The van der Waals surface area contributed by atoms with Crippen LogP contribution in [0.4, 0.5) is 0 Å². The Morgan fingerprint density at radius 2 is 1.71 bits per heavy atom. The lowest BCUT2D eigenvalue weighted by atomic mass is 9.78. The Morgan fingerprint density at radius 1 is 1.10 bits per heavy atom. The molecule has 1 heterocycles. The summed E-state index contributed by atoms with van der Waals surface area (Å²) in [6, 6.07) is 0.748. The van der Waals surface area contributed by atoms with E-state index in [1.165, 1.54) is 50.9 Å². The van der Waals surface area contributed by atoms with Crippen molar-refractivity contribution in [3.05, 3.63) is 0 Å². The number of nitrogens with zero attached hydrogens (tertiary/aromatic N) is 2. The molecule has 21 heavy (non-hydrogen) atoms. The fourth-order valence-electron chi connectivity index (χ4n) is 4.68. The molecule has 0 amide bonds. The largest absolute Gasteiger partial charge is 0.357 e. The molecule has 122 valence electrons. The van der Waals surface area contributed by atoms with E-state index in [9.17, 15) is 0 Å². The van der Waals surface area contributed by atoms with E-state index in [4.69, 9.17) is 10.7 Å². The topological polar surface area (TPSA) is 41.6 Å². The van der Waals surface area contributed by atoms with E-state index in [-0.39, 0.29) is 11.1 Å². The van der Waals surface area contributed by atoms with E-state index in [0.29, 0.717) is 0 Å². The molecule has 2 rings (SSSR count). The third-order valence-electron chi connectivity index (χ3n) is 5.01. The lowest BCUT2D eigenvalue weighted by molar-refractivity contribution is 0.117. The van der Waals surface area contributed by atoms with Crippen LogP contribution in [0.15, 0.2) is 4.99 Å². The molecule has 2 unspecified atom stereocenters. The molecule has 1 saturated heterocycles. The van der Waals surface area contributed by atoms with Gasteiger partial charge < -0.3 is 10.6 Å². The number of aliphatic imine (C=N–C) groups is 1. The highest BCUT2D eigenvalue weighted by Gasteiger charge is 2.34. The lowest BCUT2D eigenvalue weighted by Gasteiger charge is -2.46. The van der Waals surface area contributed by atoms with Gasteiger partial charge in [-0.2, -0.15) is 0 Å². The molecule has 0 aromatic heterocycles. The third-order valence-corrected chi connectivity index (χ3v) is 5.01. The fourth-order valence-corrected chi connectivity index (χ4v) is 4.68. The first-order chi connectivity index (χ1) is 9.68. The van der Waals surface area contributed by atoms with Gasteiger partial charge in [-0.1, -0.05) is 12.8 Å². The minimum absolute atomic E-state index is 0.0794. The number of piperidine rings is 1. The van der Waals surface area contributed by atoms with E-state index in [1.807, 2.05) is 0 Å². The van der Waals surface area contributed by atoms with Crippen molar-refractivity contribution in [1.82, 2.24) is 4.90 Å². The maximum Gasteiger partial charge on any atom is 0.0966 e. The molecule has 1 saturated carbocycles. The van der Waals surface area contributed by atoms with Crippen LogP contribution in [0, 0.1) is 5.92 Å². The molecule has 2 fully saturated rings. The van der Waals surface area contributed by atoms with Crippen molar-refractivity contribution in [3.8, 4) is 0 Å². The summed E-state index contributed by atoms with van der Waals surface area (Å²) < 4.78 is 0. The number of rotatable bonds is 3. The third kappa shape index (κ3) is 4.70. The smallest absolute Gasteiger partial charge is 0.0966 e. The maximum atomic E-state index is 6.20. The molecule has 1 aliphatic carbocycles. The number of likely N-dealkylation sites (tertiary alicyclic amines) is 1. The minimum Gasteiger partial charge on any atom is -0.357 e. The SMILES string of the molecule is CC(=NC(C)(C)CC(C)(C)N)N1CCCC2CCCCC21. The summed E-state index contributed by atoms with van der Waals surface area (Å²) in [6.45, 7) is 12.0. The van der Waals surface area contributed by atoms with E-state index >= 15 is 0 Å². The van der Waals surface area contributed by atoms with Crippen LogP contribution < -0.4 is 5.73 Å². The molecule has 0 aromatic carbocycles. The molecule has 3 heteroatoms. The summed E-state index contributed by atoms with van der Waals surface area (Å²) >= 11 is 0. The average Bonchev–Trinajstić information content (AvgIpc) is 2.34. The monoisotopic (exact) mass is 293 g/mol. The van der Waals surface area contributed by atoms with Crippen molar-refractivity contribution in [2.24, 2.45) is 16.6 Å². The molecule has 0 spiro atoms. The van der Waals surface area contributed by atoms with Crippen molar-refractivity contribution in [2.75, 3.05) is 6.54 Å². The summed E-state index contributed by atoms with van der Waals surface area (Å²) in [6.07, 6.45) is 9.28. The van der Waals surface area contributed by atoms with Gasteiger partial charge in [-0.05, 0) is 72.6 Å². The van der Waals surface area contributed by atoms with Crippen LogP contribution >= 0.6 is 0 Å². The van der Waals surface area contributed by atoms with Gasteiger partial charge >= 0.3 is 0 Å². The molecule has 0 bridgehead atoms. The van der Waals surface area contributed by atoms with Gasteiger partial charge in [0.1, 0.15) is 0 Å². The number of nitrogens with two attached hydrogens (primary N) is 1. The Kier molecular flexibility index (Phi) is 5.02. The highest BCUT2D eigenvalue weighted by atomic mass is 15.2. The first kappa shape index (κ1) is 16.8. The van der Waals surface area contributed by atoms with E-state index < -0.39 is 0 Å². The van der Waals surface area contributed by atoms with Crippen LogP contribution in [0.2, 0.25) is 0 Å². The quantitative estimate of drug-likeness (QED) is 0.632. The molecule has 2 aliphatic rings. The zero-order chi connectivity index (χ0) is 15.7. The van der Waals surface area contributed by atoms with Gasteiger partial charge in [0.05, 0.1) is 11.4 Å². The van der Waals surface area contributed by atoms with Gasteiger partial charge in [-0.25, -0.2) is 0 Å². The fraction of sp³-hybridized carbons (Fsp3) is 0.944. The summed E-state index contributed by atoms with van der Waals surface area (Å²) in [5.74, 6) is 2.15. The first-order valence-corrected chi connectivity index (χ1v) is 8.80. The van der Waals surface area contributed by atoms with Crippen molar-refractivity contribution in [2.45, 2.75) is 96.7 Å². The average molecular weight is 293 g/mol. The lowest BCUT2D eigenvalue weighted by Crippen LogP contribution is -2.50. The normalized spacial score (nSPS) is 28.5. The summed E-state index contributed by atoms with van der Waals surface area (Å²) in [7, 11) is 0. The number of hydrogen-bond acceptors (Lipinski definition) is 2. The van der Waals surface area contributed by atoms with Crippen LogP contribution in [0.1, 0.15) is 79.6 Å². The van der Waals surface area contributed by atoms with Crippen LogP contribution in [-0.4, -0.2) is 34.4 Å². The molecule has 0 aromatic rings. The highest BCUT2D eigenvalue weighted by molar-refractivity contribution is 5.80. The Hall–Kier alpha value is -0.570. The van der Waals surface area contributed by atoms with Crippen molar-refractivity contribution < 1.29 is 0 Å². The number of amidine groups is 1. The number of hydrogen-bond donors (Lipinski definition) is 1. The Morgan fingerprint density at radius 3 is 2.38 bits per heavy atom. The second kappa shape index (κ2) is 6.28. The molecule has 1 aliphatic heterocycles. The summed E-state index contributed by atoms with van der Waals surface area (Å²) in [5, 5.41) is 0. The maximum absolute atomic E-state index is 6.20. The van der Waals surface area contributed by atoms with Gasteiger partial charge in [-0.15, -0.1) is 0 Å². The zero-order valence-electron chi connectivity index (χ0n) is 14.8. The highest BCUT2D eigenvalue weighted by Crippen LogP contribution is 2.35. The summed E-state index contributed by atoms with van der Waals surface area (Å²) in [5.41, 5.74) is 5.96. The standard InChI is InChI=1S/C18H35N3/c1-14(20-18(4,5)13-17(2,3)19)21-12-8-10-15-9-6-7-11-16(15)21/h15-16H,6-13,19H2,1-5H3. The predicted molar refractivity (Wildman–Crippen MR) is 91.8 cm³/mol. The van der Waals surface area contributed by atoms with Crippen LogP contribution in [-0.2, 0) is 0 Å². The molecule has 0 radical (unpaired) electrons. The van der Waals surface area contributed by atoms with Crippen molar-refractivity contribution >= 4 is 5.84 Å². The van der Waals surface area contributed by atoms with Crippen LogP contribution in [0.3, 0.4) is 0 Å². The molecule has 2 N–H and O–H groups in total. The van der Waals surface area contributed by atoms with Gasteiger partial charge in [0.25, 0.3) is 0 Å². The Bertz CT molecular complexity index is 376. The number of fused-ring (bicyclic) bond motifs is 1. The van der Waals surface area contributed by atoms with Crippen molar-refractivity contribution in [3.63, 3.8) is 0 Å². The van der Waals surface area contributed by atoms with E-state index in [2.05, 4.69) is 39.5 Å². The molecular formula is C18H35N3. The minimum atomic E-state index is -0.164. The second-order valence-corrected chi connectivity index (χ2v) is 8.58. The Labute approximate surface area is 131 Å². The predicted octanol–water partition coefficient (Wildman–Crippen LogP) is 3.97. The molecule has 3 nitrogen and oxygen atoms in total. The molecular weight excluding hydrogens is 258 g/mol. The first-order valence-electron chi connectivity index (χ1n) is 8.80. The zero-order valence-corrected chi connectivity index (χ0v) is 14.8. The summed E-state index contributed by atoms with van der Waals surface area (Å²) in [4.78, 5) is 7.68. The van der Waals surface area contributed by atoms with Gasteiger partial charge in [0, 0.05) is 18.1 Å². The van der Waals surface area contributed by atoms with Gasteiger partial charge in [-0.3, -0.25) is 4.99 Å². The van der Waals surface area contributed by atoms with E-state index in [1.54, 1.807) is 0 Å². The van der Waals surface area contributed by atoms with E-state index in [0.717, 1.165) is 18.4 Å². The van der Waals surface area contributed by atoms with Gasteiger partial charge in [0.2, 0.25) is 0 Å². The van der Waals surface area contributed by atoms with Crippen LogP contribution in [0.5, 0.6) is 0 Å². The second-order valence-electron chi connectivity index (χ2n) is 8.58.